The lowest BCUT2D eigenvalue weighted by Gasteiger charge is -2.30. The van der Waals surface area contributed by atoms with Crippen LogP contribution >= 0.6 is 0 Å². The molecule has 10 heteroatoms. The maximum atomic E-state index is 13.2. The molecule has 3 heterocycles. The molecular formula is C25H28F3N3O4. The van der Waals surface area contributed by atoms with Crippen molar-refractivity contribution in [1.29, 1.82) is 0 Å². The van der Waals surface area contributed by atoms with Crippen molar-refractivity contribution in [3.8, 4) is 0 Å². The van der Waals surface area contributed by atoms with Crippen LogP contribution in [0.5, 0.6) is 0 Å². The van der Waals surface area contributed by atoms with Gasteiger partial charge >= 0.3 is 6.18 Å². The second-order valence-corrected chi connectivity index (χ2v) is 8.91. The molecule has 4 rings (SSSR count). The molecule has 7 nitrogen and oxygen atoms in total. The largest absolute Gasteiger partial charge is 0.416 e. The van der Waals surface area contributed by atoms with Gasteiger partial charge in [0.15, 0.2) is 0 Å². The molecule has 0 aliphatic carbocycles. The Bertz CT molecular complexity index is 1010. The number of aromatic nitrogens is 1. The third-order valence-corrected chi connectivity index (χ3v) is 6.28. The average molecular weight is 492 g/mol. The highest BCUT2D eigenvalue weighted by Crippen LogP contribution is 2.30. The highest BCUT2D eigenvalue weighted by Gasteiger charge is 2.34. The minimum atomic E-state index is -4.57. The highest BCUT2D eigenvalue weighted by molar-refractivity contribution is 5.97. The summed E-state index contributed by atoms with van der Waals surface area (Å²) in [5.41, 5.74) is -0.179. The van der Waals surface area contributed by atoms with Gasteiger partial charge in [-0.15, -0.1) is 0 Å². The predicted molar refractivity (Wildman–Crippen MR) is 120 cm³/mol. The van der Waals surface area contributed by atoms with Gasteiger partial charge in [-0.3, -0.25) is 14.6 Å². The lowest BCUT2D eigenvalue weighted by molar-refractivity contribution is -0.137. The van der Waals surface area contributed by atoms with E-state index >= 15 is 0 Å². The molecule has 0 radical (unpaired) electrons. The van der Waals surface area contributed by atoms with Crippen LogP contribution in [0.3, 0.4) is 0 Å². The topological polar surface area (TPSA) is 72.0 Å². The molecular weight excluding hydrogens is 463 g/mol. The maximum absolute atomic E-state index is 13.2. The van der Waals surface area contributed by atoms with Gasteiger partial charge in [0.05, 0.1) is 18.3 Å². The molecule has 35 heavy (non-hydrogen) atoms. The number of benzene rings is 1. The van der Waals surface area contributed by atoms with Crippen LogP contribution in [0.25, 0.3) is 0 Å². The summed E-state index contributed by atoms with van der Waals surface area (Å²) < 4.78 is 51.0. The molecule has 0 spiro atoms. The second-order valence-electron chi connectivity index (χ2n) is 8.91. The summed E-state index contributed by atoms with van der Waals surface area (Å²) in [4.78, 5) is 33.4. The normalized spacial score (nSPS) is 20.1. The number of carbonyl (C=O) groups is 2. The number of carbonyl (C=O) groups excluding carboxylic acids is 2. The zero-order valence-electron chi connectivity index (χ0n) is 19.2. The van der Waals surface area contributed by atoms with E-state index in [1.807, 2.05) is 6.07 Å². The molecule has 2 aliphatic rings. The minimum Gasteiger partial charge on any atom is -0.381 e. The van der Waals surface area contributed by atoms with Gasteiger partial charge in [0, 0.05) is 50.8 Å². The van der Waals surface area contributed by atoms with Crippen molar-refractivity contribution in [2.45, 2.75) is 31.7 Å². The Kier molecular flexibility index (Phi) is 8.02. The lowest BCUT2D eigenvalue weighted by Crippen LogP contribution is -2.42. The minimum absolute atomic E-state index is 0.0886. The summed E-state index contributed by atoms with van der Waals surface area (Å²) >= 11 is 0. The molecule has 2 aromatic rings. The molecule has 2 amide bonds. The quantitative estimate of drug-likeness (QED) is 0.620. The Balaban J connectivity index is 1.52. The molecule has 1 atom stereocenters. The Morgan fingerprint density at radius 1 is 1.14 bits per heavy atom. The van der Waals surface area contributed by atoms with Crippen molar-refractivity contribution in [3.63, 3.8) is 0 Å². The monoisotopic (exact) mass is 491 g/mol. The molecule has 0 bridgehead atoms. The summed E-state index contributed by atoms with van der Waals surface area (Å²) in [6, 6.07) is 7.92. The fraction of sp³-hybridized carbons (Fsp3) is 0.480. The van der Waals surface area contributed by atoms with Gasteiger partial charge in [0.1, 0.15) is 6.54 Å². The van der Waals surface area contributed by atoms with E-state index in [4.69, 9.17) is 9.47 Å². The van der Waals surface area contributed by atoms with Crippen molar-refractivity contribution in [1.82, 2.24) is 14.8 Å². The number of nitrogens with zero attached hydrogens (tertiary/aromatic N) is 3. The molecule has 0 N–H and O–H groups in total. The lowest BCUT2D eigenvalue weighted by atomic mass is 9.99. The molecule has 1 unspecified atom stereocenters. The molecule has 1 aromatic heterocycles. The number of amides is 2. The highest BCUT2D eigenvalue weighted by atomic mass is 19.4. The van der Waals surface area contributed by atoms with Gasteiger partial charge in [0.25, 0.3) is 5.91 Å². The van der Waals surface area contributed by atoms with Crippen molar-refractivity contribution < 1.29 is 32.2 Å². The van der Waals surface area contributed by atoms with E-state index in [9.17, 15) is 22.8 Å². The third-order valence-electron chi connectivity index (χ3n) is 6.28. The van der Waals surface area contributed by atoms with Crippen LogP contribution in [0.4, 0.5) is 13.2 Å². The van der Waals surface area contributed by atoms with Crippen molar-refractivity contribution in [3.05, 3.63) is 65.5 Å². The van der Waals surface area contributed by atoms with E-state index < -0.39 is 23.8 Å². The smallest absolute Gasteiger partial charge is 0.381 e. The molecule has 2 saturated heterocycles. The summed E-state index contributed by atoms with van der Waals surface area (Å²) in [6.07, 6.45) is -0.0564. The maximum Gasteiger partial charge on any atom is 0.416 e. The number of hydrogen-bond donors (Lipinski definition) is 0. The van der Waals surface area contributed by atoms with Gasteiger partial charge < -0.3 is 19.3 Å². The second kappa shape index (κ2) is 11.2. The Morgan fingerprint density at radius 3 is 2.66 bits per heavy atom. The van der Waals surface area contributed by atoms with E-state index in [2.05, 4.69) is 4.98 Å². The summed E-state index contributed by atoms with van der Waals surface area (Å²) in [7, 11) is 0. The van der Waals surface area contributed by atoms with Crippen LogP contribution in [0.15, 0.2) is 48.8 Å². The first-order valence-corrected chi connectivity index (χ1v) is 11.6. The van der Waals surface area contributed by atoms with Crippen molar-refractivity contribution >= 4 is 11.8 Å². The van der Waals surface area contributed by atoms with Crippen molar-refractivity contribution in [2.75, 3.05) is 39.4 Å². The fourth-order valence-electron chi connectivity index (χ4n) is 4.36. The first-order chi connectivity index (χ1) is 16.8. The van der Waals surface area contributed by atoms with E-state index in [1.165, 1.54) is 17.0 Å². The average Bonchev–Trinajstić information content (AvgIpc) is 3.01. The Labute approximate surface area is 201 Å². The number of halogens is 3. The SMILES string of the molecule is O=C1CN(C(=O)c2cccc(C(F)(F)F)c2)CC(OCc2cccnc2)CN1CC1CCOCC1. The summed E-state index contributed by atoms with van der Waals surface area (Å²) in [5, 5.41) is 0. The Hall–Kier alpha value is -2.98. The first-order valence-electron chi connectivity index (χ1n) is 11.6. The third kappa shape index (κ3) is 6.79. The predicted octanol–water partition coefficient (Wildman–Crippen LogP) is 3.40. The van der Waals surface area contributed by atoms with E-state index in [1.54, 1.807) is 23.4 Å². The van der Waals surface area contributed by atoms with E-state index in [0.717, 1.165) is 30.5 Å². The van der Waals surface area contributed by atoms with Crippen molar-refractivity contribution in [2.24, 2.45) is 5.92 Å². The molecule has 2 fully saturated rings. The first kappa shape index (κ1) is 25.1. The zero-order valence-corrected chi connectivity index (χ0v) is 19.2. The van der Waals surface area contributed by atoms with Crippen LogP contribution < -0.4 is 0 Å². The van der Waals surface area contributed by atoms with E-state index in [-0.39, 0.29) is 37.1 Å². The van der Waals surface area contributed by atoms with Gasteiger partial charge in [-0.05, 0) is 48.6 Å². The van der Waals surface area contributed by atoms with Crippen LogP contribution in [0.1, 0.15) is 34.3 Å². The van der Waals surface area contributed by atoms with Gasteiger partial charge in [-0.25, -0.2) is 0 Å². The van der Waals surface area contributed by atoms with Crippen LogP contribution in [0, 0.1) is 5.92 Å². The van der Waals surface area contributed by atoms with Crippen LogP contribution in [-0.4, -0.2) is 72.1 Å². The molecule has 188 valence electrons. The molecule has 0 saturated carbocycles. The zero-order chi connectivity index (χ0) is 24.8. The number of alkyl halides is 3. The summed E-state index contributed by atoms with van der Waals surface area (Å²) in [6.45, 7) is 2.23. The standard InChI is InChI=1S/C25H28F3N3O4/c26-25(27,28)21-5-1-4-20(11-21)24(33)31-15-22(35-17-19-3-2-8-29-12-19)14-30(23(32)16-31)13-18-6-9-34-10-7-18/h1-5,8,11-12,18,22H,6-7,9-10,13-17H2. The Morgan fingerprint density at radius 2 is 1.94 bits per heavy atom. The fourth-order valence-corrected chi connectivity index (χ4v) is 4.36. The number of hydrogen-bond acceptors (Lipinski definition) is 5. The molecule has 1 aromatic carbocycles. The summed E-state index contributed by atoms with van der Waals surface area (Å²) in [5.74, 6) is -0.589. The number of rotatable bonds is 6. The molecule has 2 aliphatic heterocycles. The van der Waals surface area contributed by atoms with Gasteiger partial charge in [-0.1, -0.05) is 12.1 Å². The number of ether oxygens (including phenoxy) is 2. The van der Waals surface area contributed by atoms with E-state index in [0.29, 0.717) is 26.3 Å². The van der Waals surface area contributed by atoms with Gasteiger partial charge in [-0.2, -0.15) is 13.2 Å². The number of pyridine rings is 1. The van der Waals surface area contributed by atoms with Crippen LogP contribution in [-0.2, 0) is 27.1 Å². The van der Waals surface area contributed by atoms with Gasteiger partial charge in [0.2, 0.25) is 5.91 Å². The van der Waals surface area contributed by atoms with Crippen LogP contribution in [0.2, 0.25) is 0 Å².